The van der Waals surface area contributed by atoms with Crippen molar-refractivity contribution < 1.29 is 18.7 Å². The van der Waals surface area contributed by atoms with Gasteiger partial charge in [-0.05, 0) is 54.3 Å². The van der Waals surface area contributed by atoms with Gasteiger partial charge in [0.25, 0.3) is 8.32 Å². The van der Waals surface area contributed by atoms with Gasteiger partial charge in [0.15, 0.2) is 5.79 Å². The highest BCUT2D eigenvalue weighted by Crippen LogP contribution is 2.38. The van der Waals surface area contributed by atoms with Crippen LogP contribution in [0.4, 0.5) is 0 Å². The lowest BCUT2D eigenvalue weighted by molar-refractivity contribution is -0.310. The Kier molecular flexibility index (Phi) is 11.2. The highest BCUT2D eigenvalue weighted by atomic mass is 28.4. The number of hydrogen-bond donors (Lipinski definition) is 0. The molecule has 3 rings (SSSR count). The Bertz CT molecular complexity index is 1150. The van der Waals surface area contributed by atoms with Gasteiger partial charge in [0.2, 0.25) is 0 Å². The third kappa shape index (κ3) is 7.88. The summed E-state index contributed by atoms with van der Waals surface area (Å²) in [7, 11) is -2.61. The molecule has 0 spiro atoms. The molecule has 0 bridgehead atoms. The Labute approximate surface area is 242 Å². The molecular weight excluding hydrogens is 512 g/mol. The van der Waals surface area contributed by atoms with E-state index in [0.29, 0.717) is 6.61 Å². The summed E-state index contributed by atoms with van der Waals surface area (Å²) in [4.78, 5) is 10.4. The molecule has 1 aliphatic rings. The number of rotatable bonds is 11. The second-order valence-corrected chi connectivity index (χ2v) is 16.3. The van der Waals surface area contributed by atoms with Gasteiger partial charge < -0.3 is 13.9 Å². The molecule has 0 unspecified atom stereocenters. The SMILES string of the molecule is C/C(=C/CO[Si](c1ccccc1)(c1ccccc1)C(C)(C)C)[C@@H]1OC(C)(C)O[C@@H](C/C=C/C=C/C=C/C=O)[C@@H]1C. The van der Waals surface area contributed by atoms with Crippen molar-refractivity contribution >= 4 is 25.0 Å². The Morgan fingerprint density at radius 2 is 1.45 bits per heavy atom. The summed E-state index contributed by atoms with van der Waals surface area (Å²) in [6, 6.07) is 21.5. The van der Waals surface area contributed by atoms with Crippen molar-refractivity contribution in [2.45, 2.75) is 77.9 Å². The molecule has 1 aliphatic heterocycles. The van der Waals surface area contributed by atoms with E-state index in [0.717, 1.165) is 18.3 Å². The lowest BCUT2D eigenvalue weighted by atomic mass is 9.89. The van der Waals surface area contributed by atoms with Crippen LogP contribution in [0.5, 0.6) is 0 Å². The Morgan fingerprint density at radius 1 is 0.900 bits per heavy atom. The molecule has 0 saturated carbocycles. The van der Waals surface area contributed by atoms with Gasteiger partial charge in [0.1, 0.15) is 6.29 Å². The van der Waals surface area contributed by atoms with Crippen LogP contribution in [0.3, 0.4) is 0 Å². The maximum Gasteiger partial charge on any atom is 0.261 e. The predicted molar refractivity (Wildman–Crippen MR) is 168 cm³/mol. The Morgan fingerprint density at radius 3 is 2.00 bits per heavy atom. The second kappa shape index (κ2) is 14.2. The standard InChI is InChI=1S/C35H46O4Si/c1-28(33-29(2)32(38-35(6,7)39-33)24-18-10-8-9-11-19-26-36)25-27-37-40(34(3,4)5,30-20-14-12-15-21-30)31-22-16-13-17-23-31/h8-23,25-26,29,32-33H,24,27H2,1-7H3/b9-8+,18-10+,19-11+,28-25-/t29-,32-,33-/m0/s1. The molecule has 214 valence electrons. The van der Waals surface area contributed by atoms with E-state index in [1.165, 1.54) is 16.4 Å². The van der Waals surface area contributed by atoms with Crippen LogP contribution in [0, 0.1) is 5.92 Å². The Balaban J connectivity index is 1.82. The summed E-state index contributed by atoms with van der Waals surface area (Å²) in [5, 5.41) is 2.48. The summed E-state index contributed by atoms with van der Waals surface area (Å²) in [6.45, 7) is 15.7. The topological polar surface area (TPSA) is 44.8 Å². The van der Waals surface area contributed by atoms with Gasteiger partial charge in [-0.15, -0.1) is 0 Å². The average molecular weight is 559 g/mol. The first-order valence-corrected chi connectivity index (χ1v) is 16.1. The van der Waals surface area contributed by atoms with E-state index in [1.54, 1.807) is 6.08 Å². The number of carbonyl (C=O) groups is 1. The molecule has 5 heteroatoms. The zero-order chi connectivity index (χ0) is 29.2. The summed E-state index contributed by atoms with van der Waals surface area (Å²) < 4.78 is 19.9. The predicted octanol–water partition coefficient (Wildman–Crippen LogP) is 6.92. The van der Waals surface area contributed by atoms with Crippen molar-refractivity contribution in [1.29, 1.82) is 0 Å². The Hall–Kier alpha value is -2.83. The van der Waals surface area contributed by atoms with Gasteiger partial charge in [-0.2, -0.15) is 0 Å². The monoisotopic (exact) mass is 558 g/mol. The molecule has 2 aromatic rings. The minimum absolute atomic E-state index is 0.0184. The molecule has 2 aromatic carbocycles. The smallest absolute Gasteiger partial charge is 0.261 e. The molecular formula is C35H46O4Si. The third-order valence-electron chi connectivity index (χ3n) is 7.51. The molecule has 0 aliphatic carbocycles. The maximum atomic E-state index is 10.4. The van der Waals surface area contributed by atoms with E-state index in [2.05, 4.69) is 107 Å². The number of aldehydes is 1. The van der Waals surface area contributed by atoms with Crippen molar-refractivity contribution in [2.24, 2.45) is 5.92 Å². The first-order chi connectivity index (χ1) is 19.0. The molecule has 0 radical (unpaired) electrons. The van der Waals surface area contributed by atoms with Crippen LogP contribution in [-0.4, -0.2) is 39.2 Å². The van der Waals surface area contributed by atoms with Crippen molar-refractivity contribution in [2.75, 3.05) is 6.61 Å². The van der Waals surface area contributed by atoms with Gasteiger partial charge in [0.05, 0.1) is 18.8 Å². The molecule has 0 aromatic heterocycles. The van der Waals surface area contributed by atoms with Gasteiger partial charge >= 0.3 is 0 Å². The first-order valence-electron chi connectivity index (χ1n) is 14.2. The van der Waals surface area contributed by atoms with Crippen LogP contribution in [0.25, 0.3) is 0 Å². The van der Waals surface area contributed by atoms with Crippen molar-refractivity contribution in [3.05, 3.63) is 109 Å². The van der Waals surface area contributed by atoms with E-state index in [-0.39, 0.29) is 23.2 Å². The second-order valence-electron chi connectivity index (χ2n) is 11.9. The minimum Gasteiger partial charge on any atom is -0.404 e. The summed E-state index contributed by atoms with van der Waals surface area (Å²) in [6.07, 6.45) is 14.7. The zero-order valence-electron chi connectivity index (χ0n) is 25.2. The first kappa shape index (κ1) is 31.7. The quantitative estimate of drug-likeness (QED) is 0.0987. The molecule has 4 nitrogen and oxygen atoms in total. The number of ether oxygens (including phenoxy) is 2. The van der Waals surface area contributed by atoms with Crippen LogP contribution in [-0.2, 0) is 18.7 Å². The van der Waals surface area contributed by atoms with Gasteiger partial charge in [-0.25, -0.2) is 0 Å². The van der Waals surface area contributed by atoms with E-state index in [9.17, 15) is 4.79 Å². The average Bonchev–Trinajstić information content (AvgIpc) is 2.92. The van der Waals surface area contributed by atoms with E-state index in [4.69, 9.17) is 13.9 Å². The fourth-order valence-corrected chi connectivity index (χ4v) is 10.1. The lowest BCUT2D eigenvalue weighted by Crippen LogP contribution is -2.66. The van der Waals surface area contributed by atoms with Crippen LogP contribution < -0.4 is 10.4 Å². The molecule has 40 heavy (non-hydrogen) atoms. The van der Waals surface area contributed by atoms with E-state index in [1.807, 2.05) is 32.1 Å². The normalized spacial score (nSPS) is 22.4. The minimum atomic E-state index is -2.61. The summed E-state index contributed by atoms with van der Waals surface area (Å²) >= 11 is 0. The van der Waals surface area contributed by atoms with Gasteiger partial charge in [-0.1, -0.05) is 125 Å². The molecule has 1 heterocycles. The zero-order valence-corrected chi connectivity index (χ0v) is 26.2. The number of hydrogen-bond acceptors (Lipinski definition) is 4. The fourth-order valence-electron chi connectivity index (χ4n) is 5.58. The number of allylic oxidation sites excluding steroid dienone is 5. The van der Waals surface area contributed by atoms with Crippen LogP contribution in [0.15, 0.2) is 109 Å². The summed E-state index contributed by atoms with van der Waals surface area (Å²) in [5.41, 5.74) is 1.16. The van der Waals surface area contributed by atoms with E-state index >= 15 is 0 Å². The molecule has 3 atom stereocenters. The highest BCUT2D eigenvalue weighted by Gasteiger charge is 2.50. The fraction of sp³-hybridized carbons (Fsp3) is 0.400. The lowest BCUT2D eigenvalue weighted by Gasteiger charge is -2.45. The number of benzene rings is 2. The molecule has 0 N–H and O–H groups in total. The molecule has 1 saturated heterocycles. The third-order valence-corrected chi connectivity index (χ3v) is 12.5. The number of carbonyl (C=O) groups excluding carboxylic acids is 1. The highest BCUT2D eigenvalue weighted by molar-refractivity contribution is 6.99. The van der Waals surface area contributed by atoms with Gasteiger partial charge in [-0.3, -0.25) is 4.79 Å². The van der Waals surface area contributed by atoms with Crippen LogP contribution >= 0.6 is 0 Å². The van der Waals surface area contributed by atoms with Gasteiger partial charge in [0, 0.05) is 5.92 Å². The summed E-state index contributed by atoms with van der Waals surface area (Å²) in [5.74, 6) is -0.521. The van der Waals surface area contributed by atoms with Crippen LogP contribution in [0.2, 0.25) is 5.04 Å². The van der Waals surface area contributed by atoms with Crippen LogP contribution in [0.1, 0.15) is 54.9 Å². The van der Waals surface area contributed by atoms with Crippen molar-refractivity contribution in [3.8, 4) is 0 Å². The molecule has 0 amide bonds. The van der Waals surface area contributed by atoms with Crippen molar-refractivity contribution in [1.82, 2.24) is 0 Å². The largest absolute Gasteiger partial charge is 0.404 e. The maximum absolute atomic E-state index is 10.4. The van der Waals surface area contributed by atoms with E-state index < -0.39 is 14.1 Å². The van der Waals surface area contributed by atoms with Crippen molar-refractivity contribution in [3.63, 3.8) is 0 Å². The molecule has 1 fully saturated rings.